The number of carbonyl (C=O) groups excluding carboxylic acids is 1. The van der Waals surface area contributed by atoms with Crippen LogP contribution in [0.15, 0.2) is 12.1 Å². The van der Waals surface area contributed by atoms with Crippen molar-refractivity contribution in [3.8, 4) is 23.7 Å². The topological polar surface area (TPSA) is 113 Å². The zero-order chi connectivity index (χ0) is 14.4. The number of rotatable bonds is 2. The van der Waals surface area contributed by atoms with Crippen molar-refractivity contribution in [2.75, 3.05) is 6.61 Å². The maximum atomic E-state index is 11.0. The van der Waals surface area contributed by atoms with E-state index in [9.17, 15) is 20.0 Å². The summed E-state index contributed by atoms with van der Waals surface area (Å²) in [6.07, 6.45) is 0. The standard InChI is InChI=1S/C12H8N2O5/c1-2-19-11(15)4-3-9-5-8(7-13)6-10(12(9)16)14(17)18/h5-6,16H,2H2,1H3. The van der Waals surface area contributed by atoms with E-state index < -0.39 is 22.3 Å². The summed E-state index contributed by atoms with van der Waals surface area (Å²) in [6, 6.07) is 3.77. The number of benzene rings is 1. The van der Waals surface area contributed by atoms with Gasteiger partial charge in [0.2, 0.25) is 5.75 Å². The van der Waals surface area contributed by atoms with Gasteiger partial charge in [-0.3, -0.25) is 10.1 Å². The van der Waals surface area contributed by atoms with Gasteiger partial charge in [0, 0.05) is 12.0 Å². The number of carbonyl (C=O) groups is 1. The van der Waals surface area contributed by atoms with Crippen molar-refractivity contribution in [3.63, 3.8) is 0 Å². The van der Waals surface area contributed by atoms with Crippen LogP contribution in [0.3, 0.4) is 0 Å². The van der Waals surface area contributed by atoms with E-state index in [2.05, 4.69) is 16.6 Å². The van der Waals surface area contributed by atoms with Gasteiger partial charge in [-0.15, -0.1) is 0 Å². The van der Waals surface area contributed by atoms with E-state index in [4.69, 9.17) is 5.26 Å². The van der Waals surface area contributed by atoms with Crippen LogP contribution in [0.2, 0.25) is 0 Å². The predicted molar refractivity (Wildman–Crippen MR) is 63.0 cm³/mol. The molecule has 96 valence electrons. The fourth-order valence-corrected chi connectivity index (χ4v) is 1.20. The van der Waals surface area contributed by atoms with Crippen molar-refractivity contribution in [1.29, 1.82) is 5.26 Å². The Morgan fingerprint density at radius 1 is 1.58 bits per heavy atom. The van der Waals surface area contributed by atoms with Crippen molar-refractivity contribution in [2.45, 2.75) is 6.92 Å². The molecule has 0 unspecified atom stereocenters. The number of nitriles is 1. The lowest BCUT2D eigenvalue weighted by molar-refractivity contribution is -0.385. The van der Waals surface area contributed by atoms with Crippen LogP contribution in [0.4, 0.5) is 5.69 Å². The summed E-state index contributed by atoms with van der Waals surface area (Å²) in [5.74, 6) is 2.77. The third-order valence-electron chi connectivity index (χ3n) is 1.99. The summed E-state index contributed by atoms with van der Waals surface area (Å²) < 4.78 is 4.54. The molecular weight excluding hydrogens is 252 g/mol. The second-order valence-electron chi connectivity index (χ2n) is 3.23. The number of phenolic OH excluding ortho intramolecular Hbond substituents is 1. The molecule has 0 amide bonds. The van der Waals surface area contributed by atoms with Crippen LogP contribution in [0.1, 0.15) is 18.1 Å². The molecule has 0 saturated heterocycles. The highest BCUT2D eigenvalue weighted by Gasteiger charge is 2.18. The van der Waals surface area contributed by atoms with Gasteiger partial charge in [-0.2, -0.15) is 5.26 Å². The largest absolute Gasteiger partial charge is 0.501 e. The molecule has 0 radical (unpaired) electrons. The lowest BCUT2D eigenvalue weighted by Crippen LogP contribution is -1.99. The number of hydrogen-bond donors (Lipinski definition) is 1. The second-order valence-corrected chi connectivity index (χ2v) is 3.23. The Kier molecular flexibility index (Phi) is 4.44. The van der Waals surface area contributed by atoms with E-state index in [1.54, 1.807) is 13.0 Å². The highest BCUT2D eigenvalue weighted by atomic mass is 16.6. The summed E-state index contributed by atoms with van der Waals surface area (Å²) in [4.78, 5) is 20.9. The highest BCUT2D eigenvalue weighted by molar-refractivity contribution is 5.89. The smallest absolute Gasteiger partial charge is 0.384 e. The Bertz CT molecular complexity index is 634. The monoisotopic (exact) mass is 260 g/mol. The maximum Gasteiger partial charge on any atom is 0.384 e. The lowest BCUT2D eigenvalue weighted by atomic mass is 10.1. The Hall–Kier alpha value is -3.06. The average molecular weight is 260 g/mol. The molecule has 19 heavy (non-hydrogen) atoms. The Morgan fingerprint density at radius 3 is 2.79 bits per heavy atom. The minimum absolute atomic E-state index is 0.0438. The summed E-state index contributed by atoms with van der Waals surface area (Å²) in [5, 5.41) is 29.0. The number of nitro benzene ring substituents is 1. The quantitative estimate of drug-likeness (QED) is 0.368. The van der Waals surface area contributed by atoms with Gasteiger partial charge >= 0.3 is 11.7 Å². The van der Waals surface area contributed by atoms with Crippen LogP contribution >= 0.6 is 0 Å². The normalized spacial score (nSPS) is 8.84. The van der Waals surface area contributed by atoms with Gasteiger partial charge in [0.25, 0.3) is 0 Å². The molecule has 0 atom stereocenters. The van der Waals surface area contributed by atoms with Crippen molar-refractivity contribution >= 4 is 11.7 Å². The van der Waals surface area contributed by atoms with E-state index in [0.717, 1.165) is 12.1 Å². The van der Waals surface area contributed by atoms with Gasteiger partial charge in [0.1, 0.15) is 0 Å². The lowest BCUT2D eigenvalue weighted by Gasteiger charge is -1.99. The molecule has 0 spiro atoms. The average Bonchev–Trinajstić information content (AvgIpc) is 2.37. The zero-order valence-corrected chi connectivity index (χ0v) is 9.84. The maximum absolute atomic E-state index is 11.0. The fraction of sp³-hybridized carbons (Fsp3) is 0.167. The van der Waals surface area contributed by atoms with Gasteiger partial charge in [-0.25, -0.2) is 4.79 Å². The van der Waals surface area contributed by atoms with Crippen LogP contribution in [-0.2, 0) is 9.53 Å². The Balaban J connectivity index is 3.28. The van der Waals surface area contributed by atoms with Crippen molar-refractivity contribution in [3.05, 3.63) is 33.4 Å². The predicted octanol–water partition coefficient (Wildman–Crippen LogP) is 1.09. The summed E-state index contributed by atoms with van der Waals surface area (Å²) in [7, 11) is 0. The second kappa shape index (κ2) is 6.03. The Morgan fingerprint density at radius 2 is 2.26 bits per heavy atom. The molecule has 1 rings (SSSR count). The van der Waals surface area contributed by atoms with Crippen LogP contribution in [0.5, 0.6) is 5.75 Å². The SMILES string of the molecule is CCOC(=O)C#Cc1cc(C#N)cc([N+](=O)[O-])c1O. The summed E-state index contributed by atoms with van der Waals surface area (Å²) in [6.45, 7) is 1.73. The van der Waals surface area contributed by atoms with Gasteiger partial charge in [-0.05, 0) is 13.0 Å². The van der Waals surface area contributed by atoms with E-state index in [1.807, 2.05) is 0 Å². The number of aromatic hydroxyl groups is 1. The molecule has 7 nitrogen and oxygen atoms in total. The van der Waals surface area contributed by atoms with Crippen LogP contribution in [0.25, 0.3) is 0 Å². The zero-order valence-electron chi connectivity index (χ0n) is 9.84. The number of nitro groups is 1. The number of nitrogens with zero attached hydrogens (tertiary/aromatic N) is 2. The minimum Gasteiger partial charge on any atom is -0.501 e. The minimum atomic E-state index is -0.842. The first-order chi connectivity index (χ1) is 8.99. The van der Waals surface area contributed by atoms with Gasteiger partial charge in [0.15, 0.2) is 0 Å². The first-order valence-electron chi connectivity index (χ1n) is 5.09. The van der Waals surface area contributed by atoms with Crippen molar-refractivity contribution < 1.29 is 19.6 Å². The molecule has 0 fully saturated rings. The number of esters is 1. The van der Waals surface area contributed by atoms with Crippen molar-refractivity contribution in [1.82, 2.24) is 0 Å². The third-order valence-corrected chi connectivity index (χ3v) is 1.99. The van der Waals surface area contributed by atoms with Crippen LogP contribution in [0, 0.1) is 33.3 Å². The molecule has 0 aromatic heterocycles. The molecule has 0 aliphatic rings. The van der Waals surface area contributed by atoms with Crippen LogP contribution < -0.4 is 0 Å². The van der Waals surface area contributed by atoms with Gasteiger partial charge in [0.05, 0.1) is 28.7 Å². The fourth-order valence-electron chi connectivity index (χ4n) is 1.20. The van der Waals surface area contributed by atoms with E-state index in [-0.39, 0.29) is 17.7 Å². The third kappa shape index (κ3) is 3.45. The molecule has 0 heterocycles. The molecular formula is C12H8N2O5. The molecule has 0 aliphatic carbocycles. The summed E-state index contributed by atoms with van der Waals surface area (Å²) in [5.41, 5.74) is -0.872. The molecule has 1 N–H and O–H groups in total. The highest BCUT2D eigenvalue weighted by Crippen LogP contribution is 2.30. The number of hydrogen-bond acceptors (Lipinski definition) is 6. The van der Waals surface area contributed by atoms with Crippen LogP contribution in [-0.4, -0.2) is 22.6 Å². The number of ether oxygens (including phenoxy) is 1. The number of phenols is 1. The van der Waals surface area contributed by atoms with E-state index in [0.29, 0.717) is 0 Å². The first-order valence-corrected chi connectivity index (χ1v) is 5.09. The van der Waals surface area contributed by atoms with Gasteiger partial charge < -0.3 is 9.84 Å². The molecule has 0 saturated carbocycles. The van der Waals surface area contributed by atoms with Crippen molar-refractivity contribution in [2.24, 2.45) is 0 Å². The van der Waals surface area contributed by atoms with E-state index in [1.165, 1.54) is 0 Å². The molecule has 0 bridgehead atoms. The molecule has 1 aromatic rings. The molecule has 1 aromatic carbocycles. The summed E-state index contributed by atoms with van der Waals surface area (Å²) >= 11 is 0. The van der Waals surface area contributed by atoms with Gasteiger partial charge in [-0.1, -0.05) is 5.92 Å². The molecule has 0 aliphatic heterocycles. The van der Waals surface area contributed by atoms with E-state index >= 15 is 0 Å². The first kappa shape index (κ1) is 14.0. The molecule has 7 heteroatoms. The Labute approximate surface area is 108 Å².